The smallest absolute Gasteiger partial charge is 0.161 e. The Morgan fingerprint density at radius 3 is 2.04 bits per heavy atom. The fraction of sp³-hybridized carbons (Fsp3) is 0.286. The molecule has 0 aliphatic rings. The molecule has 0 N–H and O–H groups in total. The Bertz CT molecular complexity index is 959. The number of rotatable bonds is 7. The van der Waals surface area contributed by atoms with E-state index in [9.17, 15) is 0 Å². The molecule has 2 aromatic carbocycles. The van der Waals surface area contributed by atoms with Gasteiger partial charge in [0.1, 0.15) is 0 Å². The van der Waals surface area contributed by atoms with Crippen molar-refractivity contribution in [1.82, 2.24) is 4.98 Å². The Balaban J connectivity index is 2.12. The van der Waals surface area contributed by atoms with E-state index in [2.05, 4.69) is 0 Å². The van der Waals surface area contributed by atoms with Crippen LogP contribution >= 0.6 is 11.6 Å². The lowest BCUT2D eigenvalue weighted by atomic mass is 10.0. The zero-order valence-electron chi connectivity index (χ0n) is 15.8. The maximum atomic E-state index is 6.07. The number of methoxy groups -OCH3 is 4. The second-order valence-corrected chi connectivity index (χ2v) is 6.26. The van der Waals surface area contributed by atoms with Crippen molar-refractivity contribution >= 4 is 22.4 Å². The third-order valence-electron chi connectivity index (χ3n) is 4.42. The van der Waals surface area contributed by atoms with Gasteiger partial charge in [0.15, 0.2) is 23.0 Å². The lowest BCUT2D eigenvalue weighted by molar-refractivity contribution is 0.354. The summed E-state index contributed by atoms with van der Waals surface area (Å²) in [5, 5.41) is 2.00. The van der Waals surface area contributed by atoms with E-state index in [1.807, 2.05) is 36.4 Å². The molecule has 0 bridgehead atoms. The van der Waals surface area contributed by atoms with Crippen LogP contribution in [0.15, 0.2) is 36.4 Å². The zero-order chi connectivity index (χ0) is 19.4. The van der Waals surface area contributed by atoms with Gasteiger partial charge < -0.3 is 18.9 Å². The Morgan fingerprint density at radius 1 is 0.778 bits per heavy atom. The zero-order valence-corrected chi connectivity index (χ0v) is 16.6. The van der Waals surface area contributed by atoms with Crippen molar-refractivity contribution in [2.75, 3.05) is 28.4 Å². The van der Waals surface area contributed by atoms with E-state index in [0.29, 0.717) is 35.3 Å². The molecule has 0 amide bonds. The van der Waals surface area contributed by atoms with Crippen molar-refractivity contribution in [3.05, 3.63) is 53.3 Å². The van der Waals surface area contributed by atoms with Gasteiger partial charge in [0.2, 0.25) is 0 Å². The predicted octanol–water partition coefficient (Wildman–Crippen LogP) is 4.60. The van der Waals surface area contributed by atoms with Crippen LogP contribution in [0.2, 0.25) is 0 Å². The molecular weight excluding hydrogens is 366 g/mol. The molecule has 0 spiro atoms. The van der Waals surface area contributed by atoms with Crippen molar-refractivity contribution in [3.8, 4) is 23.0 Å². The standard InChI is InChI=1S/C21H22ClNO4/c1-24-18-6-5-13(8-19(18)25-2)7-17-16-11-21(27-4)20(26-3)10-14(16)9-15(12-22)23-17/h5-6,8-11H,7,12H2,1-4H3. The number of pyridine rings is 1. The average molecular weight is 388 g/mol. The highest BCUT2D eigenvalue weighted by Crippen LogP contribution is 2.35. The molecule has 0 saturated carbocycles. The van der Waals surface area contributed by atoms with Crippen LogP contribution in [0, 0.1) is 0 Å². The van der Waals surface area contributed by atoms with Gasteiger partial charge in [-0.05, 0) is 41.3 Å². The van der Waals surface area contributed by atoms with E-state index in [4.69, 9.17) is 35.5 Å². The van der Waals surface area contributed by atoms with Crippen LogP contribution in [0.5, 0.6) is 23.0 Å². The van der Waals surface area contributed by atoms with Gasteiger partial charge in [-0.2, -0.15) is 0 Å². The molecule has 0 unspecified atom stereocenters. The minimum absolute atomic E-state index is 0.337. The van der Waals surface area contributed by atoms with Crippen molar-refractivity contribution < 1.29 is 18.9 Å². The van der Waals surface area contributed by atoms with Gasteiger partial charge in [0.25, 0.3) is 0 Å². The van der Waals surface area contributed by atoms with Gasteiger partial charge in [-0.15, -0.1) is 11.6 Å². The monoisotopic (exact) mass is 387 g/mol. The molecule has 0 aliphatic carbocycles. The minimum atomic E-state index is 0.337. The molecule has 6 heteroatoms. The Morgan fingerprint density at radius 2 is 1.41 bits per heavy atom. The number of fused-ring (bicyclic) bond motifs is 1. The number of ether oxygens (including phenoxy) is 4. The van der Waals surface area contributed by atoms with Gasteiger partial charge >= 0.3 is 0 Å². The van der Waals surface area contributed by atoms with Crippen molar-refractivity contribution in [1.29, 1.82) is 0 Å². The maximum absolute atomic E-state index is 6.07. The van der Waals surface area contributed by atoms with Gasteiger partial charge in [-0.3, -0.25) is 4.98 Å². The molecule has 0 radical (unpaired) electrons. The molecule has 0 aliphatic heterocycles. The van der Waals surface area contributed by atoms with Gasteiger partial charge in [0, 0.05) is 11.8 Å². The van der Waals surface area contributed by atoms with Crippen molar-refractivity contribution in [2.45, 2.75) is 12.3 Å². The summed E-state index contributed by atoms with van der Waals surface area (Å²) in [6.07, 6.45) is 0.622. The largest absolute Gasteiger partial charge is 0.493 e. The first kappa shape index (κ1) is 19.1. The Kier molecular flexibility index (Phi) is 5.91. The van der Waals surface area contributed by atoms with Crippen molar-refractivity contribution in [3.63, 3.8) is 0 Å². The molecule has 3 rings (SSSR count). The molecule has 27 heavy (non-hydrogen) atoms. The SMILES string of the molecule is COc1ccc(Cc2nc(CCl)cc3cc(OC)c(OC)cc23)cc1OC. The van der Waals surface area contributed by atoms with E-state index < -0.39 is 0 Å². The summed E-state index contributed by atoms with van der Waals surface area (Å²) < 4.78 is 21.6. The molecule has 1 heterocycles. The summed E-state index contributed by atoms with van der Waals surface area (Å²) in [6.45, 7) is 0. The van der Waals surface area contributed by atoms with E-state index in [-0.39, 0.29) is 0 Å². The van der Waals surface area contributed by atoms with Crippen LogP contribution in [0.3, 0.4) is 0 Å². The number of alkyl halides is 1. The number of aromatic nitrogens is 1. The Hall–Kier alpha value is -2.66. The van der Waals surface area contributed by atoms with Crippen LogP contribution < -0.4 is 18.9 Å². The van der Waals surface area contributed by atoms with Gasteiger partial charge in [0.05, 0.1) is 45.7 Å². The van der Waals surface area contributed by atoms with Crippen LogP contribution in [-0.2, 0) is 12.3 Å². The van der Waals surface area contributed by atoms with E-state index in [1.165, 1.54) is 0 Å². The number of hydrogen-bond acceptors (Lipinski definition) is 5. The number of nitrogens with zero attached hydrogens (tertiary/aromatic N) is 1. The number of hydrogen-bond donors (Lipinski definition) is 0. The normalized spacial score (nSPS) is 10.7. The quantitative estimate of drug-likeness (QED) is 0.554. The molecule has 0 saturated heterocycles. The lowest BCUT2D eigenvalue weighted by Crippen LogP contribution is -2.00. The second-order valence-electron chi connectivity index (χ2n) is 5.99. The van der Waals surface area contributed by atoms with Crippen LogP contribution in [0.1, 0.15) is 17.0 Å². The second kappa shape index (κ2) is 8.35. The summed E-state index contributed by atoms with van der Waals surface area (Å²) in [6, 6.07) is 11.7. The molecule has 0 atom stereocenters. The molecule has 3 aromatic rings. The summed E-state index contributed by atoms with van der Waals surface area (Å²) in [4.78, 5) is 4.74. The molecule has 1 aromatic heterocycles. The van der Waals surface area contributed by atoms with E-state index in [0.717, 1.165) is 27.7 Å². The summed E-state index contributed by atoms with van der Waals surface area (Å²) >= 11 is 6.07. The van der Waals surface area contributed by atoms with Gasteiger partial charge in [-0.25, -0.2) is 0 Å². The highest BCUT2D eigenvalue weighted by atomic mass is 35.5. The molecular formula is C21H22ClNO4. The first-order valence-corrected chi connectivity index (χ1v) is 8.98. The van der Waals surface area contributed by atoms with Crippen LogP contribution in [-0.4, -0.2) is 33.4 Å². The first-order valence-electron chi connectivity index (χ1n) is 8.44. The topological polar surface area (TPSA) is 49.8 Å². The predicted molar refractivity (Wildman–Crippen MR) is 107 cm³/mol. The molecule has 5 nitrogen and oxygen atoms in total. The third-order valence-corrected chi connectivity index (χ3v) is 4.70. The van der Waals surface area contributed by atoms with Crippen LogP contribution in [0.4, 0.5) is 0 Å². The van der Waals surface area contributed by atoms with Crippen molar-refractivity contribution in [2.24, 2.45) is 0 Å². The fourth-order valence-corrected chi connectivity index (χ4v) is 3.23. The maximum Gasteiger partial charge on any atom is 0.161 e. The summed E-state index contributed by atoms with van der Waals surface area (Å²) in [5.41, 5.74) is 2.78. The first-order chi connectivity index (χ1) is 13.1. The third kappa shape index (κ3) is 3.88. The Labute approximate surface area is 163 Å². The highest BCUT2D eigenvalue weighted by Gasteiger charge is 2.13. The number of benzene rings is 2. The van der Waals surface area contributed by atoms with E-state index in [1.54, 1.807) is 28.4 Å². The summed E-state index contributed by atoms with van der Waals surface area (Å²) in [5.74, 6) is 3.06. The molecule has 0 fully saturated rings. The van der Waals surface area contributed by atoms with E-state index >= 15 is 0 Å². The fourth-order valence-electron chi connectivity index (χ4n) is 3.10. The minimum Gasteiger partial charge on any atom is -0.493 e. The lowest BCUT2D eigenvalue weighted by Gasteiger charge is -2.14. The number of halogens is 1. The van der Waals surface area contributed by atoms with Gasteiger partial charge in [-0.1, -0.05) is 6.07 Å². The van der Waals surface area contributed by atoms with Crippen LogP contribution in [0.25, 0.3) is 10.8 Å². The highest BCUT2D eigenvalue weighted by molar-refractivity contribution is 6.17. The molecule has 142 valence electrons. The average Bonchev–Trinajstić information content (AvgIpc) is 2.72. The summed E-state index contributed by atoms with van der Waals surface area (Å²) in [7, 11) is 6.49.